The maximum absolute atomic E-state index is 12.8. The van der Waals surface area contributed by atoms with Gasteiger partial charge in [-0.1, -0.05) is 0 Å². The fraction of sp³-hybridized carbons (Fsp3) is 0.600. The van der Waals surface area contributed by atoms with E-state index >= 15 is 0 Å². The number of amides is 2. The van der Waals surface area contributed by atoms with Gasteiger partial charge in [0.1, 0.15) is 29.5 Å². The molecule has 37 heavy (non-hydrogen) atoms. The first-order valence-electron chi connectivity index (χ1n) is 12.0. The molecule has 206 valence electrons. The summed E-state index contributed by atoms with van der Waals surface area (Å²) in [6.07, 6.45) is -1.09. The summed E-state index contributed by atoms with van der Waals surface area (Å²) in [5.74, 6) is -1.01. The molecule has 0 fully saturated rings. The van der Waals surface area contributed by atoms with Crippen molar-refractivity contribution in [3.63, 3.8) is 0 Å². The molecule has 0 saturated carbocycles. The molecule has 0 aromatic heterocycles. The Morgan fingerprint density at radius 2 is 1.73 bits per heavy atom. The minimum absolute atomic E-state index is 0.103. The van der Waals surface area contributed by atoms with Gasteiger partial charge in [0.25, 0.3) is 0 Å². The average Bonchev–Trinajstić information content (AvgIpc) is 2.89. The number of carbonyl (C=O) groups is 3. The molecular weight excluding hydrogens is 484 g/mol. The predicted octanol–water partition coefficient (Wildman–Crippen LogP) is 2.46. The van der Waals surface area contributed by atoms with Crippen molar-refractivity contribution in [3.8, 4) is 5.75 Å². The summed E-state index contributed by atoms with van der Waals surface area (Å²) in [6, 6.07) is 5.38. The second-order valence-electron chi connectivity index (χ2n) is 10.8. The van der Waals surface area contributed by atoms with Gasteiger partial charge in [-0.2, -0.15) is 0 Å². The molecule has 0 bridgehead atoms. The standard InChI is InChI=1S/C25H38N4O8/c1-23(2,3)37-22(33)27-18(21(31)32)12-13-19(30)26-14-15-36-17-10-8-16(9-11-17)20-28(34)24(4,5)25(6,7)29(20)35/h8-11,18,34H,12-15H2,1-7H3,(H,26,30)(H,27,33)(H,31,32)/t18-/m0/s1. The molecule has 1 aromatic carbocycles. The number of ether oxygens (including phenoxy) is 2. The fourth-order valence-electron chi connectivity index (χ4n) is 3.49. The normalized spacial score (nSPS) is 17.2. The molecule has 0 aliphatic carbocycles. The Bertz CT molecular complexity index is 1030. The van der Waals surface area contributed by atoms with Gasteiger partial charge in [0.15, 0.2) is 5.54 Å². The zero-order valence-electron chi connectivity index (χ0n) is 22.5. The van der Waals surface area contributed by atoms with E-state index in [-0.39, 0.29) is 31.8 Å². The lowest BCUT2D eigenvalue weighted by Crippen LogP contribution is -2.53. The third kappa shape index (κ3) is 7.25. The maximum atomic E-state index is 12.8. The first kappa shape index (κ1) is 29.7. The zero-order valence-corrected chi connectivity index (χ0v) is 22.5. The summed E-state index contributed by atoms with van der Waals surface area (Å²) in [5.41, 5.74) is -1.89. The van der Waals surface area contributed by atoms with Crippen molar-refractivity contribution in [2.24, 2.45) is 0 Å². The molecule has 1 heterocycles. The molecule has 12 heteroatoms. The number of hydroxylamine groups is 3. The molecule has 1 atom stereocenters. The van der Waals surface area contributed by atoms with Gasteiger partial charge in [0, 0.05) is 6.42 Å². The number of rotatable bonds is 10. The predicted molar refractivity (Wildman–Crippen MR) is 134 cm³/mol. The Hall–Kier alpha value is -3.54. The van der Waals surface area contributed by atoms with Crippen molar-refractivity contribution in [3.05, 3.63) is 35.0 Å². The molecule has 2 rings (SSSR count). The molecule has 0 radical (unpaired) electrons. The van der Waals surface area contributed by atoms with E-state index in [0.29, 0.717) is 11.3 Å². The van der Waals surface area contributed by atoms with Gasteiger partial charge in [0.05, 0.1) is 12.1 Å². The zero-order chi connectivity index (χ0) is 28.2. The number of hydrogen-bond donors (Lipinski definition) is 4. The van der Waals surface area contributed by atoms with Crippen molar-refractivity contribution in [2.75, 3.05) is 13.2 Å². The van der Waals surface area contributed by atoms with Gasteiger partial charge in [-0.15, -0.1) is 5.06 Å². The number of carbonyl (C=O) groups excluding carboxylic acids is 2. The van der Waals surface area contributed by atoms with Crippen molar-refractivity contribution >= 4 is 23.8 Å². The molecule has 1 aliphatic rings. The summed E-state index contributed by atoms with van der Waals surface area (Å²) in [4.78, 5) is 35.3. The molecular formula is C25H38N4O8. The number of carboxylic acids is 1. The first-order valence-corrected chi connectivity index (χ1v) is 12.0. The van der Waals surface area contributed by atoms with Crippen LogP contribution in [0.2, 0.25) is 0 Å². The van der Waals surface area contributed by atoms with Crippen LogP contribution in [0.3, 0.4) is 0 Å². The van der Waals surface area contributed by atoms with E-state index in [9.17, 15) is 29.9 Å². The maximum Gasteiger partial charge on any atom is 0.408 e. The molecule has 2 amide bonds. The van der Waals surface area contributed by atoms with Crippen molar-refractivity contribution in [1.82, 2.24) is 15.7 Å². The van der Waals surface area contributed by atoms with E-state index in [1.807, 2.05) is 0 Å². The largest absolute Gasteiger partial charge is 0.714 e. The highest BCUT2D eigenvalue weighted by molar-refractivity contribution is 5.96. The third-order valence-corrected chi connectivity index (χ3v) is 6.38. The van der Waals surface area contributed by atoms with Crippen LogP contribution in [0.15, 0.2) is 24.3 Å². The summed E-state index contributed by atoms with van der Waals surface area (Å²) < 4.78 is 11.5. The van der Waals surface area contributed by atoms with E-state index in [4.69, 9.17) is 9.47 Å². The number of aliphatic carboxylic acids is 1. The molecule has 12 nitrogen and oxygen atoms in total. The molecule has 4 N–H and O–H groups in total. The van der Waals surface area contributed by atoms with Crippen LogP contribution in [-0.2, 0) is 14.3 Å². The third-order valence-electron chi connectivity index (χ3n) is 6.38. The van der Waals surface area contributed by atoms with Crippen LogP contribution >= 0.6 is 0 Å². The van der Waals surface area contributed by atoms with Crippen molar-refractivity contribution < 1.29 is 38.9 Å². The van der Waals surface area contributed by atoms with Gasteiger partial charge < -0.3 is 30.4 Å². The fourth-order valence-corrected chi connectivity index (χ4v) is 3.49. The minimum Gasteiger partial charge on any atom is -0.714 e. The minimum atomic E-state index is -1.27. The SMILES string of the molecule is CC(C)(C)OC(=O)N[C@@H](CCC(=O)NCCOc1ccc(C2=[N+]([O-])C(C)(C)C(C)(C)N2O)cc1)C(=O)O. The van der Waals surface area contributed by atoms with Crippen LogP contribution in [-0.4, -0.2) is 79.8 Å². The highest BCUT2D eigenvalue weighted by Crippen LogP contribution is 2.37. The first-order chi connectivity index (χ1) is 17.0. The number of nitrogens with zero attached hydrogens (tertiary/aromatic N) is 2. The van der Waals surface area contributed by atoms with E-state index < -0.39 is 40.7 Å². The Kier molecular flexibility index (Phi) is 9.02. The van der Waals surface area contributed by atoms with Crippen LogP contribution in [0.5, 0.6) is 5.75 Å². The Labute approximate surface area is 216 Å². The van der Waals surface area contributed by atoms with Crippen molar-refractivity contribution in [1.29, 1.82) is 0 Å². The topological polar surface area (TPSA) is 164 Å². The molecule has 0 saturated heterocycles. The smallest absolute Gasteiger partial charge is 0.408 e. The number of nitrogens with one attached hydrogen (secondary N) is 2. The van der Waals surface area contributed by atoms with Gasteiger partial charge in [-0.05, 0) is 79.2 Å². The molecule has 0 spiro atoms. The summed E-state index contributed by atoms with van der Waals surface area (Å²) in [5, 5.41) is 38.5. The molecule has 0 unspecified atom stereocenters. The van der Waals surface area contributed by atoms with Crippen LogP contribution in [0.25, 0.3) is 0 Å². The molecule has 1 aromatic rings. The number of alkyl carbamates (subject to hydrolysis) is 1. The molecule has 1 aliphatic heterocycles. The van der Waals surface area contributed by atoms with Crippen LogP contribution < -0.4 is 15.4 Å². The summed E-state index contributed by atoms with van der Waals surface area (Å²) in [6.45, 7) is 12.4. The quantitative estimate of drug-likeness (QED) is 0.205. The summed E-state index contributed by atoms with van der Waals surface area (Å²) >= 11 is 0. The van der Waals surface area contributed by atoms with Gasteiger partial charge >= 0.3 is 17.9 Å². The lowest BCUT2D eigenvalue weighted by molar-refractivity contribution is -0.539. The second kappa shape index (κ2) is 11.2. The monoisotopic (exact) mass is 522 g/mol. The van der Waals surface area contributed by atoms with E-state index in [1.165, 1.54) is 0 Å². The second-order valence-corrected chi connectivity index (χ2v) is 10.8. The van der Waals surface area contributed by atoms with E-state index in [0.717, 1.165) is 9.80 Å². The average molecular weight is 523 g/mol. The Morgan fingerprint density at radius 3 is 2.22 bits per heavy atom. The number of benzene rings is 1. The van der Waals surface area contributed by atoms with E-state index in [2.05, 4.69) is 10.6 Å². The summed E-state index contributed by atoms with van der Waals surface area (Å²) in [7, 11) is 0. The van der Waals surface area contributed by atoms with Crippen LogP contribution in [0, 0.1) is 5.21 Å². The lowest BCUT2D eigenvalue weighted by Gasteiger charge is -2.33. The number of carboxylic acid groups (broad SMARTS) is 1. The van der Waals surface area contributed by atoms with Gasteiger partial charge in [0.2, 0.25) is 5.91 Å². The number of amidine groups is 1. The lowest BCUT2D eigenvalue weighted by atomic mass is 9.84. The van der Waals surface area contributed by atoms with Gasteiger partial charge in [-0.3, -0.25) is 9.53 Å². The van der Waals surface area contributed by atoms with Crippen LogP contribution in [0.4, 0.5) is 4.79 Å². The number of hydrogen-bond acceptors (Lipinski definition) is 8. The van der Waals surface area contributed by atoms with E-state index in [1.54, 1.807) is 72.7 Å². The Balaban J connectivity index is 1.81. The highest BCUT2D eigenvalue weighted by atomic mass is 16.6. The highest BCUT2D eigenvalue weighted by Gasteiger charge is 2.58. The van der Waals surface area contributed by atoms with Crippen molar-refractivity contribution in [2.45, 2.75) is 84.0 Å². The Morgan fingerprint density at radius 1 is 1.14 bits per heavy atom. The van der Waals surface area contributed by atoms with Crippen LogP contribution in [0.1, 0.15) is 66.9 Å². The van der Waals surface area contributed by atoms with Gasteiger partial charge in [-0.25, -0.2) is 14.8 Å².